The summed E-state index contributed by atoms with van der Waals surface area (Å²) < 4.78 is 52.2. The molecule has 34 heavy (non-hydrogen) atoms. The van der Waals surface area contributed by atoms with E-state index in [1.165, 1.54) is 19.9 Å². The van der Waals surface area contributed by atoms with Crippen molar-refractivity contribution in [3.05, 3.63) is 53.9 Å². The van der Waals surface area contributed by atoms with Gasteiger partial charge in [-0.2, -0.15) is 18.2 Å². The Morgan fingerprint density at radius 2 is 1.88 bits per heavy atom. The van der Waals surface area contributed by atoms with Gasteiger partial charge in [-0.15, -0.1) is 0 Å². The number of nitrogens with two attached hydrogens (primary N) is 1. The van der Waals surface area contributed by atoms with Gasteiger partial charge in [0.25, 0.3) is 0 Å². The second-order valence-corrected chi connectivity index (χ2v) is 7.74. The van der Waals surface area contributed by atoms with Crippen LogP contribution in [0.15, 0.2) is 42.5 Å². The minimum atomic E-state index is -4.65. The van der Waals surface area contributed by atoms with Crippen LogP contribution in [0.1, 0.15) is 18.3 Å². The van der Waals surface area contributed by atoms with Crippen LogP contribution >= 0.6 is 0 Å². The van der Waals surface area contributed by atoms with Crippen LogP contribution in [0.4, 0.5) is 19.1 Å². The zero-order valence-electron chi connectivity index (χ0n) is 18.5. The van der Waals surface area contributed by atoms with Gasteiger partial charge in [-0.3, -0.25) is 4.79 Å². The number of carbonyl (C=O) groups excluding carboxylic acids is 1. The van der Waals surface area contributed by atoms with Gasteiger partial charge in [0, 0.05) is 24.7 Å². The Kier molecular flexibility index (Phi) is 6.38. The second-order valence-electron chi connectivity index (χ2n) is 7.74. The highest BCUT2D eigenvalue weighted by atomic mass is 19.4. The molecule has 1 aromatic carbocycles. The van der Waals surface area contributed by atoms with Crippen molar-refractivity contribution in [2.75, 3.05) is 25.4 Å². The highest BCUT2D eigenvalue weighted by Crippen LogP contribution is 2.40. The van der Waals surface area contributed by atoms with Crippen LogP contribution in [-0.2, 0) is 15.7 Å². The lowest BCUT2D eigenvalue weighted by Crippen LogP contribution is -2.47. The summed E-state index contributed by atoms with van der Waals surface area (Å²) in [6.45, 7) is 3.67. The maximum atomic E-state index is 13.5. The first-order valence-corrected chi connectivity index (χ1v) is 10.4. The number of aryl methyl sites for hydroxylation is 1. The number of nitrogens with zero attached hydrogens (tertiary/aromatic N) is 4. The number of pyridine rings is 1. The van der Waals surface area contributed by atoms with E-state index in [2.05, 4.69) is 15.0 Å². The summed E-state index contributed by atoms with van der Waals surface area (Å²) >= 11 is 0. The third-order valence-electron chi connectivity index (χ3n) is 5.20. The van der Waals surface area contributed by atoms with Crippen molar-refractivity contribution >= 4 is 11.9 Å². The first-order valence-electron chi connectivity index (χ1n) is 10.4. The molecule has 1 aliphatic rings. The molecule has 8 nitrogen and oxygen atoms in total. The molecule has 1 saturated heterocycles. The van der Waals surface area contributed by atoms with E-state index in [1.54, 1.807) is 35.2 Å². The molecular formula is C23H22F3N5O3. The molecule has 178 valence electrons. The average Bonchev–Trinajstić information content (AvgIpc) is 2.78. The third kappa shape index (κ3) is 5.09. The molecule has 2 aromatic heterocycles. The van der Waals surface area contributed by atoms with Crippen molar-refractivity contribution in [1.82, 2.24) is 19.9 Å². The SMILES string of the molecule is CC(=O)N1CCOC(Oc2nc(N)nc(-c3ccccc3)c2-c2cc(C)nc(C(F)(F)F)c2)C1. The Balaban J connectivity index is 1.88. The molecule has 1 fully saturated rings. The lowest BCUT2D eigenvalue weighted by atomic mass is 9.99. The van der Waals surface area contributed by atoms with E-state index in [0.717, 1.165) is 6.07 Å². The molecule has 2 N–H and O–H groups in total. The van der Waals surface area contributed by atoms with Gasteiger partial charge in [-0.1, -0.05) is 30.3 Å². The van der Waals surface area contributed by atoms with Gasteiger partial charge in [0.1, 0.15) is 5.69 Å². The third-order valence-corrected chi connectivity index (χ3v) is 5.20. The van der Waals surface area contributed by atoms with Crippen molar-refractivity contribution in [2.24, 2.45) is 0 Å². The molecule has 1 aliphatic heterocycles. The predicted molar refractivity (Wildman–Crippen MR) is 117 cm³/mol. The van der Waals surface area contributed by atoms with E-state index in [0.29, 0.717) is 17.8 Å². The number of alkyl halides is 3. The highest BCUT2D eigenvalue weighted by molar-refractivity contribution is 5.85. The van der Waals surface area contributed by atoms with Crippen LogP contribution in [-0.4, -0.2) is 51.7 Å². The number of morpholine rings is 1. The monoisotopic (exact) mass is 473 g/mol. The number of nitrogen functional groups attached to an aromatic ring is 1. The maximum Gasteiger partial charge on any atom is 0.433 e. The molecule has 1 atom stereocenters. The van der Waals surface area contributed by atoms with Gasteiger partial charge >= 0.3 is 6.18 Å². The summed E-state index contributed by atoms with van der Waals surface area (Å²) in [6, 6.07) is 11.3. The highest BCUT2D eigenvalue weighted by Gasteiger charge is 2.34. The first kappa shape index (κ1) is 23.4. The molecule has 3 heterocycles. The Labute approximate surface area is 193 Å². The number of rotatable bonds is 4. The molecule has 0 saturated carbocycles. The van der Waals surface area contributed by atoms with Gasteiger partial charge in [0.05, 0.1) is 24.4 Å². The number of halogens is 3. The lowest BCUT2D eigenvalue weighted by Gasteiger charge is -2.32. The summed E-state index contributed by atoms with van der Waals surface area (Å²) in [5.74, 6) is -0.331. The van der Waals surface area contributed by atoms with Gasteiger partial charge < -0.3 is 20.1 Å². The lowest BCUT2D eigenvalue weighted by molar-refractivity contribution is -0.155. The van der Waals surface area contributed by atoms with E-state index in [-0.39, 0.29) is 47.7 Å². The Morgan fingerprint density at radius 3 is 2.56 bits per heavy atom. The summed E-state index contributed by atoms with van der Waals surface area (Å²) in [7, 11) is 0. The fourth-order valence-corrected chi connectivity index (χ4v) is 3.67. The minimum absolute atomic E-state index is 0.0551. The first-order chi connectivity index (χ1) is 16.1. The number of carbonyl (C=O) groups is 1. The van der Waals surface area contributed by atoms with Gasteiger partial charge in [0.15, 0.2) is 0 Å². The molecule has 1 unspecified atom stereocenters. The van der Waals surface area contributed by atoms with Gasteiger partial charge in [0.2, 0.25) is 24.0 Å². The largest absolute Gasteiger partial charge is 0.445 e. The van der Waals surface area contributed by atoms with Gasteiger partial charge in [-0.25, -0.2) is 9.97 Å². The van der Waals surface area contributed by atoms with E-state index in [9.17, 15) is 18.0 Å². The van der Waals surface area contributed by atoms with Crippen LogP contribution in [0, 0.1) is 6.92 Å². The average molecular weight is 473 g/mol. The Bertz CT molecular complexity index is 1200. The number of benzene rings is 1. The molecule has 0 aliphatic carbocycles. The van der Waals surface area contributed by atoms with Crippen LogP contribution in [0.25, 0.3) is 22.4 Å². The molecule has 4 rings (SSSR count). The number of amides is 1. The van der Waals surface area contributed by atoms with Crippen LogP contribution < -0.4 is 10.5 Å². The summed E-state index contributed by atoms with van der Waals surface area (Å²) in [6.07, 6.45) is -5.54. The van der Waals surface area contributed by atoms with Crippen molar-refractivity contribution in [3.8, 4) is 28.3 Å². The van der Waals surface area contributed by atoms with E-state index in [4.69, 9.17) is 15.2 Å². The summed E-state index contributed by atoms with van der Waals surface area (Å²) in [5.41, 5.74) is 6.32. The molecule has 0 bridgehead atoms. The van der Waals surface area contributed by atoms with Crippen LogP contribution in [0.3, 0.4) is 0 Å². The summed E-state index contributed by atoms with van der Waals surface area (Å²) in [4.78, 5) is 25.5. The van der Waals surface area contributed by atoms with Crippen LogP contribution in [0.2, 0.25) is 0 Å². The van der Waals surface area contributed by atoms with Crippen LogP contribution in [0.5, 0.6) is 5.88 Å². The van der Waals surface area contributed by atoms with E-state index >= 15 is 0 Å². The molecule has 11 heteroatoms. The van der Waals surface area contributed by atoms with E-state index in [1.807, 2.05) is 0 Å². The smallest absolute Gasteiger partial charge is 0.433 e. The number of aromatic nitrogens is 3. The second kappa shape index (κ2) is 9.26. The minimum Gasteiger partial charge on any atom is -0.445 e. The summed E-state index contributed by atoms with van der Waals surface area (Å²) in [5, 5.41) is 0. The standard InChI is InChI=1S/C23H22F3N5O3/c1-13-10-16(11-17(28-13)23(24,25)26)19-20(15-6-4-3-5-7-15)29-22(27)30-21(19)34-18-12-31(14(2)32)8-9-33-18/h3-7,10-11,18H,8-9,12H2,1-2H3,(H2,27,29,30). The predicted octanol–water partition coefficient (Wildman–Crippen LogP) is 3.70. The molecule has 1 amide bonds. The number of anilines is 1. The van der Waals surface area contributed by atoms with Crippen molar-refractivity contribution in [3.63, 3.8) is 0 Å². The maximum absolute atomic E-state index is 13.5. The topological polar surface area (TPSA) is 103 Å². The van der Waals surface area contributed by atoms with Gasteiger partial charge in [-0.05, 0) is 24.6 Å². The fraction of sp³-hybridized carbons (Fsp3) is 0.304. The van der Waals surface area contributed by atoms with Crippen molar-refractivity contribution in [2.45, 2.75) is 26.3 Å². The number of ether oxygens (including phenoxy) is 2. The number of hydrogen-bond acceptors (Lipinski definition) is 7. The molecular weight excluding hydrogens is 451 g/mol. The molecule has 3 aromatic rings. The number of hydrogen-bond donors (Lipinski definition) is 1. The van der Waals surface area contributed by atoms with E-state index < -0.39 is 18.2 Å². The molecule has 0 spiro atoms. The molecule has 0 radical (unpaired) electrons. The normalized spacial score (nSPS) is 16.4. The van der Waals surface area contributed by atoms with Crippen molar-refractivity contribution < 1.29 is 27.4 Å². The Morgan fingerprint density at radius 1 is 1.15 bits per heavy atom. The zero-order valence-corrected chi connectivity index (χ0v) is 18.5. The zero-order chi connectivity index (χ0) is 24.5. The fourth-order valence-electron chi connectivity index (χ4n) is 3.67. The quantitative estimate of drug-likeness (QED) is 0.616. The Hall–Kier alpha value is -3.73. The van der Waals surface area contributed by atoms with Crippen molar-refractivity contribution in [1.29, 1.82) is 0 Å².